The maximum Gasteiger partial charge on any atom is 0.270 e. The molecule has 0 aliphatic carbocycles. The molecule has 0 bridgehead atoms. The molecule has 7 heteroatoms. The summed E-state index contributed by atoms with van der Waals surface area (Å²) in [6.45, 7) is 0.165. The summed E-state index contributed by atoms with van der Waals surface area (Å²) in [6, 6.07) is 16.8. The van der Waals surface area contributed by atoms with E-state index in [0.29, 0.717) is 11.5 Å². The summed E-state index contributed by atoms with van der Waals surface area (Å²) in [7, 11) is 0. The van der Waals surface area contributed by atoms with Gasteiger partial charge in [0.2, 0.25) is 0 Å². The highest BCUT2D eigenvalue weighted by atomic mass is 16.6. The smallest absolute Gasteiger partial charge is 0.270 e. The number of nitrogens with one attached hydrogen (secondary N) is 1. The molecule has 1 amide bonds. The van der Waals surface area contributed by atoms with E-state index < -0.39 is 10.8 Å². The number of benzene rings is 2. The number of hydrogen-bond donors (Lipinski definition) is 1. The number of carbonyl (C=O) groups is 1. The van der Waals surface area contributed by atoms with Crippen LogP contribution < -0.4 is 5.32 Å². The fraction of sp³-hybridized carbons (Fsp3) is 0.0588. The van der Waals surface area contributed by atoms with Crippen molar-refractivity contribution in [2.75, 3.05) is 0 Å². The zero-order chi connectivity index (χ0) is 16.9. The molecule has 0 saturated heterocycles. The van der Waals surface area contributed by atoms with E-state index in [2.05, 4.69) is 10.5 Å². The van der Waals surface area contributed by atoms with Crippen LogP contribution in [0.2, 0.25) is 0 Å². The van der Waals surface area contributed by atoms with Gasteiger partial charge in [-0.1, -0.05) is 41.6 Å². The Morgan fingerprint density at radius 1 is 1.12 bits per heavy atom. The van der Waals surface area contributed by atoms with Crippen LogP contribution in [0.5, 0.6) is 0 Å². The molecule has 7 nitrogen and oxygen atoms in total. The van der Waals surface area contributed by atoms with Crippen LogP contribution in [-0.2, 0) is 6.54 Å². The largest absolute Gasteiger partial charge is 0.356 e. The fourth-order valence-electron chi connectivity index (χ4n) is 2.17. The third-order valence-corrected chi connectivity index (χ3v) is 3.37. The van der Waals surface area contributed by atoms with Gasteiger partial charge in [-0.15, -0.1) is 0 Å². The first-order valence-corrected chi connectivity index (χ1v) is 7.17. The predicted octanol–water partition coefficient (Wildman–Crippen LogP) is 3.18. The second-order valence-electron chi connectivity index (χ2n) is 5.04. The molecule has 0 saturated carbocycles. The van der Waals surface area contributed by atoms with Crippen molar-refractivity contribution in [2.24, 2.45) is 0 Å². The number of nitrogens with zero attached hydrogens (tertiary/aromatic N) is 2. The van der Waals surface area contributed by atoms with Crippen LogP contribution in [0.25, 0.3) is 11.3 Å². The monoisotopic (exact) mass is 323 g/mol. The van der Waals surface area contributed by atoms with Gasteiger partial charge in [0.1, 0.15) is 5.69 Å². The molecule has 0 unspecified atom stereocenters. The lowest BCUT2D eigenvalue weighted by atomic mass is 10.1. The number of non-ortho nitro benzene ring substituents is 1. The Morgan fingerprint density at radius 3 is 2.67 bits per heavy atom. The van der Waals surface area contributed by atoms with E-state index in [1.807, 2.05) is 30.3 Å². The molecule has 0 fully saturated rings. The van der Waals surface area contributed by atoms with Crippen molar-refractivity contribution in [1.29, 1.82) is 0 Å². The highest BCUT2D eigenvalue weighted by Crippen LogP contribution is 2.19. The van der Waals surface area contributed by atoms with Crippen LogP contribution in [0.1, 0.15) is 16.1 Å². The van der Waals surface area contributed by atoms with Gasteiger partial charge in [-0.2, -0.15) is 0 Å². The zero-order valence-electron chi connectivity index (χ0n) is 12.5. The van der Waals surface area contributed by atoms with Gasteiger partial charge in [-0.05, 0) is 6.07 Å². The number of nitro groups is 1. The third kappa shape index (κ3) is 3.46. The normalized spacial score (nSPS) is 10.3. The van der Waals surface area contributed by atoms with Crippen LogP contribution >= 0.6 is 0 Å². The van der Waals surface area contributed by atoms with Gasteiger partial charge >= 0.3 is 0 Å². The van der Waals surface area contributed by atoms with Gasteiger partial charge in [-0.3, -0.25) is 14.9 Å². The first-order chi connectivity index (χ1) is 11.6. The first kappa shape index (κ1) is 15.4. The Hall–Kier alpha value is -3.48. The average Bonchev–Trinajstić information content (AvgIpc) is 3.09. The number of aromatic nitrogens is 1. The summed E-state index contributed by atoms with van der Waals surface area (Å²) in [4.78, 5) is 22.3. The number of rotatable bonds is 5. The Morgan fingerprint density at radius 2 is 1.92 bits per heavy atom. The van der Waals surface area contributed by atoms with Crippen molar-refractivity contribution < 1.29 is 14.2 Å². The zero-order valence-corrected chi connectivity index (χ0v) is 12.5. The quantitative estimate of drug-likeness (QED) is 0.574. The SMILES string of the molecule is O=C(NCc1cc(-c2ccccc2)on1)c1cccc([N+](=O)[O-])c1. The average molecular weight is 323 g/mol. The topological polar surface area (TPSA) is 98.3 Å². The molecule has 24 heavy (non-hydrogen) atoms. The molecular formula is C17H13N3O4. The molecule has 0 radical (unpaired) electrons. The van der Waals surface area contributed by atoms with Crippen LogP contribution in [0.4, 0.5) is 5.69 Å². The number of amides is 1. The summed E-state index contributed by atoms with van der Waals surface area (Å²) in [5.41, 5.74) is 1.54. The molecule has 0 spiro atoms. The highest BCUT2D eigenvalue weighted by molar-refractivity contribution is 5.94. The van der Waals surface area contributed by atoms with Gasteiger partial charge in [0.25, 0.3) is 11.6 Å². The van der Waals surface area contributed by atoms with Crippen LogP contribution in [-0.4, -0.2) is 16.0 Å². The molecular weight excluding hydrogens is 310 g/mol. The molecule has 3 aromatic rings. The maximum absolute atomic E-state index is 12.1. The molecule has 0 atom stereocenters. The van der Waals surface area contributed by atoms with E-state index in [4.69, 9.17) is 4.52 Å². The molecule has 0 aliphatic rings. The molecule has 1 N–H and O–H groups in total. The lowest BCUT2D eigenvalue weighted by Gasteiger charge is -2.02. The Kier molecular flexibility index (Phi) is 4.33. The molecule has 1 heterocycles. The lowest BCUT2D eigenvalue weighted by molar-refractivity contribution is -0.384. The van der Waals surface area contributed by atoms with Gasteiger partial charge in [0.05, 0.1) is 11.5 Å². The summed E-state index contributed by atoms with van der Waals surface area (Å²) in [5, 5.41) is 17.3. The molecule has 3 rings (SSSR count). The van der Waals surface area contributed by atoms with Gasteiger partial charge < -0.3 is 9.84 Å². The van der Waals surface area contributed by atoms with Crippen molar-refractivity contribution in [3.63, 3.8) is 0 Å². The van der Waals surface area contributed by atoms with Gasteiger partial charge in [-0.25, -0.2) is 0 Å². The summed E-state index contributed by atoms with van der Waals surface area (Å²) >= 11 is 0. The van der Waals surface area contributed by atoms with Crippen molar-refractivity contribution in [1.82, 2.24) is 10.5 Å². The predicted molar refractivity (Wildman–Crippen MR) is 86.2 cm³/mol. The van der Waals surface area contributed by atoms with E-state index in [1.165, 1.54) is 24.3 Å². The van der Waals surface area contributed by atoms with E-state index in [-0.39, 0.29) is 17.8 Å². The number of hydrogen-bond acceptors (Lipinski definition) is 5. The van der Waals surface area contributed by atoms with E-state index >= 15 is 0 Å². The van der Waals surface area contributed by atoms with Gasteiger partial charge in [0.15, 0.2) is 5.76 Å². The van der Waals surface area contributed by atoms with Crippen molar-refractivity contribution >= 4 is 11.6 Å². The highest BCUT2D eigenvalue weighted by Gasteiger charge is 2.12. The fourth-order valence-corrected chi connectivity index (χ4v) is 2.17. The summed E-state index contributed by atoms with van der Waals surface area (Å²) in [5.74, 6) is 0.193. The van der Waals surface area contributed by atoms with Gasteiger partial charge in [0, 0.05) is 29.3 Å². The number of carbonyl (C=O) groups excluding carboxylic acids is 1. The summed E-state index contributed by atoms with van der Waals surface area (Å²) in [6.07, 6.45) is 0. The lowest BCUT2D eigenvalue weighted by Crippen LogP contribution is -2.22. The Balaban J connectivity index is 1.66. The minimum atomic E-state index is -0.541. The molecule has 120 valence electrons. The van der Waals surface area contributed by atoms with Crippen LogP contribution in [0.3, 0.4) is 0 Å². The van der Waals surface area contributed by atoms with E-state index in [0.717, 1.165) is 5.56 Å². The second-order valence-corrected chi connectivity index (χ2v) is 5.04. The first-order valence-electron chi connectivity index (χ1n) is 7.17. The van der Waals surface area contributed by atoms with Crippen LogP contribution in [0, 0.1) is 10.1 Å². The Labute approximate surface area is 137 Å². The third-order valence-electron chi connectivity index (χ3n) is 3.37. The van der Waals surface area contributed by atoms with E-state index in [1.54, 1.807) is 6.07 Å². The van der Waals surface area contributed by atoms with Crippen molar-refractivity contribution in [2.45, 2.75) is 6.54 Å². The summed E-state index contributed by atoms with van der Waals surface area (Å²) < 4.78 is 5.25. The Bertz CT molecular complexity index is 874. The van der Waals surface area contributed by atoms with Crippen LogP contribution in [0.15, 0.2) is 65.2 Å². The minimum absolute atomic E-state index is 0.129. The number of nitro benzene ring substituents is 1. The van der Waals surface area contributed by atoms with Crippen molar-refractivity contribution in [3.8, 4) is 11.3 Å². The standard InChI is InChI=1S/C17H13N3O4/c21-17(13-7-4-8-15(9-13)20(22)23)18-11-14-10-16(24-19-14)12-5-2-1-3-6-12/h1-10H,11H2,(H,18,21). The molecule has 0 aliphatic heterocycles. The molecule has 1 aromatic heterocycles. The van der Waals surface area contributed by atoms with E-state index in [9.17, 15) is 14.9 Å². The second kappa shape index (κ2) is 6.74. The maximum atomic E-state index is 12.1. The molecule has 2 aromatic carbocycles. The minimum Gasteiger partial charge on any atom is -0.356 e. The van der Waals surface area contributed by atoms with Crippen molar-refractivity contribution in [3.05, 3.63) is 82.0 Å².